The molecule has 1 aromatic carbocycles. The lowest BCUT2D eigenvalue weighted by atomic mass is 10.1. The summed E-state index contributed by atoms with van der Waals surface area (Å²) in [4.78, 5) is 0. The normalized spacial score (nSPS) is 11.6. The second-order valence-corrected chi connectivity index (χ2v) is 6.88. The lowest BCUT2D eigenvalue weighted by Crippen LogP contribution is -2.25. The quantitative estimate of drug-likeness (QED) is 0.887. The van der Waals surface area contributed by atoms with Crippen LogP contribution in [0.1, 0.15) is 5.56 Å². The van der Waals surface area contributed by atoms with Crippen molar-refractivity contribution >= 4 is 27.0 Å². The van der Waals surface area contributed by atoms with Gasteiger partial charge in [-0.2, -0.15) is 0 Å². The number of halogens is 1. The van der Waals surface area contributed by atoms with Crippen LogP contribution in [0.3, 0.4) is 0 Å². The first-order valence-electron chi connectivity index (χ1n) is 5.55. The Balaban J connectivity index is 1.93. The van der Waals surface area contributed by atoms with E-state index >= 15 is 0 Å². The molecule has 0 radical (unpaired) electrons. The number of anilines is 1. The van der Waals surface area contributed by atoms with Gasteiger partial charge >= 0.3 is 0 Å². The van der Waals surface area contributed by atoms with Crippen LogP contribution >= 0.6 is 11.3 Å². The zero-order chi connectivity index (χ0) is 13.9. The molecule has 0 bridgehead atoms. The number of hydrogen-bond donors (Lipinski definition) is 2. The molecule has 0 fully saturated rings. The summed E-state index contributed by atoms with van der Waals surface area (Å²) in [6, 6.07) is 7.39. The largest absolute Gasteiger partial charge is 0.398 e. The maximum absolute atomic E-state index is 12.7. The van der Waals surface area contributed by atoms with E-state index in [0.717, 1.165) is 16.9 Å². The van der Waals surface area contributed by atoms with Crippen molar-refractivity contribution in [2.45, 2.75) is 10.6 Å². The van der Waals surface area contributed by atoms with Crippen LogP contribution in [0.4, 0.5) is 10.1 Å². The first-order valence-corrected chi connectivity index (χ1v) is 7.92. The Kier molecular flexibility index (Phi) is 4.18. The van der Waals surface area contributed by atoms with E-state index in [0.29, 0.717) is 12.1 Å². The molecular weight excluding hydrogens is 287 g/mol. The maximum Gasteiger partial charge on any atom is 0.250 e. The number of thiophene rings is 1. The van der Waals surface area contributed by atoms with Crippen LogP contribution in [0.2, 0.25) is 0 Å². The van der Waals surface area contributed by atoms with E-state index in [1.54, 1.807) is 17.5 Å². The molecule has 0 saturated carbocycles. The van der Waals surface area contributed by atoms with Crippen molar-refractivity contribution in [3.8, 4) is 0 Å². The highest BCUT2D eigenvalue weighted by molar-refractivity contribution is 7.91. The van der Waals surface area contributed by atoms with Crippen LogP contribution in [-0.2, 0) is 16.4 Å². The molecule has 1 heterocycles. The monoisotopic (exact) mass is 300 g/mol. The molecule has 7 heteroatoms. The SMILES string of the molecule is Nc1csc(S(=O)(=O)NCCc2ccc(F)cc2)c1. The molecule has 1 aromatic heterocycles. The molecule has 0 aliphatic heterocycles. The van der Waals surface area contributed by atoms with Crippen molar-refractivity contribution in [3.05, 3.63) is 47.1 Å². The standard InChI is InChI=1S/C12H13FN2O2S2/c13-10-3-1-9(2-4-10)5-6-15-19(16,17)12-7-11(14)8-18-12/h1-4,7-8,15H,5-6,14H2. The van der Waals surface area contributed by atoms with Gasteiger partial charge in [0, 0.05) is 17.6 Å². The first kappa shape index (κ1) is 14.0. The summed E-state index contributed by atoms with van der Waals surface area (Å²) in [6.07, 6.45) is 0.500. The third-order valence-electron chi connectivity index (χ3n) is 2.48. The highest BCUT2D eigenvalue weighted by Gasteiger charge is 2.15. The minimum atomic E-state index is -3.50. The third kappa shape index (κ3) is 3.76. The molecule has 2 aromatic rings. The molecule has 0 spiro atoms. The number of nitrogens with one attached hydrogen (secondary N) is 1. The van der Waals surface area contributed by atoms with Crippen LogP contribution < -0.4 is 10.5 Å². The molecule has 0 atom stereocenters. The molecule has 2 rings (SSSR count). The van der Waals surface area contributed by atoms with E-state index in [4.69, 9.17) is 5.73 Å². The zero-order valence-corrected chi connectivity index (χ0v) is 11.6. The fourth-order valence-corrected chi connectivity index (χ4v) is 3.68. The predicted molar refractivity (Wildman–Crippen MR) is 74.0 cm³/mol. The van der Waals surface area contributed by atoms with Gasteiger partial charge in [0.1, 0.15) is 10.0 Å². The van der Waals surface area contributed by atoms with Crippen molar-refractivity contribution in [2.75, 3.05) is 12.3 Å². The third-order valence-corrected chi connectivity index (χ3v) is 5.40. The Morgan fingerprint density at radius 2 is 1.95 bits per heavy atom. The van der Waals surface area contributed by atoms with E-state index in [1.807, 2.05) is 0 Å². The van der Waals surface area contributed by atoms with Gasteiger partial charge in [-0.25, -0.2) is 17.5 Å². The Labute approximate surface area is 115 Å². The number of nitrogen functional groups attached to an aromatic ring is 1. The molecular formula is C12H13FN2O2S2. The minimum absolute atomic E-state index is 0.198. The van der Waals surface area contributed by atoms with E-state index in [-0.39, 0.29) is 16.6 Å². The minimum Gasteiger partial charge on any atom is -0.398 e. The van der Waals surface area contributed by atoms with Crippen LogP contribution in [-0.4, -0.2) is 15.0 Å². The maximum atomic E-state index is 12.7. The molecule has 0 unspecified atom stereocenters. The second kappa shape index (κ2) is 5.68. The summed E-state index contributed by atoms with van der Waals surface area (Å²) < 4.78 is 39.1. The van der Waals surface area contributed by atoms with E-state index < -0.39 is 10.0 Å². The summed E-state index contributed by atoms with van der Waals surface area (Å²) in [7, 11) is -3.50. The second-order valence-electron chi connectivity index (χ2n) is 3.97. The van der Waals surface area contributed by atoms with Crippen molar-refractivity contribution in [1.29, 1.82) is 0 Å². The molecule has 0 amide bonds. The van der Waals surface area contributed by atoms with Crippen LogP contribution in [0, 0.1) is 5.82 Å². The Bertz CT molecular complexity index is 651. The van der Waals surface area contributed by atoms with E-state index in [1.165, 1.54) is 18.2 Å². The number of nitrogens with two attached hydrogens (primary N) is 1. The summed E-state index contributed by atoms with van der Waals surface area (Å²) >= 11 is 1.08. The highest BCUT2D eigenvalue weighted by Crippen LogP contribution is 2.21. The topological polar surface area (TPSA) is 72.2 Å². The van der Waals surface area contributed by atoms with Crippen LogP contribution in [0.25, 0.3) is 0 Å². The summed E-state index contributed by atoms with van der Waals surface area (Å²) in [5, 5.41) is 1.58. The highest BCUT2D eigenvalue weighted by atomic mass is 32.2. The van der Waals surface area contributed by atoms with Gasteiger partial charge in [-0.15, -0.1) is 11.3 Å². The van der Waals surface area contributed by atoms with E-state index in [2.05, 4.69) is 4.72 Å². The Hall–Kier alpha value is -1.44. The van der Waals surface area contributed by atoms with Gasteiger partial charge in [0.05, 0.1) is 0 Å². The van der Waals surface area contributed by atoms with Crippen molar-refractivity contribution in [2.24, 2.45) is 0 Å². The number of rotatable bonds is 5. The number of hydrogen-bond acceptors (Lipinski definition) is 4. The summed E-state index contributed by atoms with van der Waals surface area (Å²) in [5.41, 5.74) is 6.80. The Morgan fingerprint density at radius 1 is 1.26 bits per heavy atom. The Morgan fingerprint density at radius 3 is 2.53 bits per heavy atom. The number of sulfonamides is 1. The molecule has 0 aliphatic rings. The summed E-state index contributed by atoms with van der Waals surface area (Å²) in [5.74, 6) is -0.307. The smallest absolute Gasteiger partial charge is 0.250 e. The average Bonchev–Trinajstić information content (AvgIpc) is 2.79. The van der Waals surface area contributed by atoms with Crippen molar-refractivity contribution in [1.82, 2.24) is 4.72 Å². The lowest BCUT2D eigenvalue weighted by molar-refractivity contribution is 0.583. The van der Waals surface area contributed by atoms with Crippen LogP contribution in [0.5, 0.6) is 0 Å². The van der Waals surface area contributed by atoms with Crippen molar-refractivity contribution in [3.63, 3.8) is 0 Å². The van der Waals surface area contributed by atoms with E-state index in [9.17, 15) is 12.8 Å². The van der Waals surface area contributed by atoms with Gasteiger partial charge in [0.25, 0.3) is 0 Å². The van der Waals surface area contributed by atoms with Gasteiger partial charge in [-0.3, -0.25) is 0 Å². The molecule has 4 nitrogen and oxygen atoms in total. The molecule has 3 N–H and O–H groups in total. The lowest BCUT2D eigenvalue weighted by Gasteiger charge is -2.04. The summed E-state index contributed by atoms with van der Waals surface area (Å²) in [6.45, 7) is 0.256. The van der Waals surface area contributed by atoms with Gasteiger partial charge in [-0.05, 0) is 30.2 Å². The molecule has 0 saturated heterocycles. The van der Waals surface area contributed by atoms with Crippen LogP contribution in [0.15, 0.2) is 39.9 Å². The molecule has 19 heavy (non-hydrogen) atoms. The van der Waals surface area contributed by atoms with Gasteiger partial charge in [-0.1, -0.05) is 12.1 Å². The van der Waals surface area contributed by atoms with Gasteiger partial charge in [0.15, 0.2) is 0 Å². The fraction of sp³-hybridized carbons (Fsp3) is 0.167. The van der Waals surface area contributed by atoms with Gasteiger partial charge in [0.2, 0.25) is 10.0 Å². The zero-order valence-electron chi connectivity index (χ0n) is 9.97. The van der Waals surface area contributed by atoms with Crippen molar-refractivity contribution < 1.29 is 12.8 Å². The average molecular weight is 300 g/mol. The number of benzene rings is 1. The molecule has 0 aliphatic carbocycles. The predicted octanol–water partition coefficient (Wildman–Crippen LogP) is 1.99. The first-order chi connectivity index (χ1) is 8.97. The van der Waals surface area contributed by atoms with Gasteiger partial charge < -0.3 is 5.73 Å². The molecule has 102 valence electrons. The fourth-order valence-electron chi connectivity index (χ4n) is 1.52.